The zero-order valence-corrected chi connectivity index (χ0v) is 16.3. The fourth-order valence-corrected chi connectivity index (χ4v) is 4.11. The standard InChI is InChI=1S/C21H27N3O4/c1-15(25)23-13-21(16-6-4-3-5-7-16)10-8-17(18(26)9-11-21)24(2)20(27)19-12-22-14-28-19/h3-7,12,14,17-18,26H,8-11,13H2,1-2H3,(H,23,25)/t17-,18-,21+/m0/s1. The van der Waals surface area contributed by atoms with Crippen molar-refractivity contribution < 1.29 is 19.1 Å². The highest BCUT2D eigenvalue weighted by Crippen LogP contribution is 2.39. The Hall–Kier alpha value is -2.67. The summed E-state index contributed by atoms with van der Waals surface area (Å²) in [5.41, 5.74) is 0.861. The summed E-state index contributed by atoms with van der Waals surface area (Å²) in [6.07, 6.45) is 4.57. The number of carbonyl (C=O) groups excluding carboxylic acids is 2. The van der Waals surface area contributed by atoms with Gasteiger partial charge in [0.1, 0.15) is 0 Å². The number of benzene rings is 1. The Morgan fingerprint density at radius 1 is 1.29 bits per heavy atom. The average Bonchev–Trinajstić information content (AvgIpc) is 3.18. The average molecular weight is 385 g/mol. The van der Waals surface area contributed by atoms with E-state index in [-0.39, 0.29) is 29.0 Å². The van der Waals surface area contributed by atoms with Crippen molar-refractivity contribution in [1.82, 2.24) is 15.2 Å². The van der Waals surface area contributed by atoms with Gasteiger partial charge in [0.15, 0.2) is 6.39 Å². The third-order valence-electron chi connectivity index (χ3n) is 5.80. The van der Waals surface area contributed by atoms with Gasteiger partial charge in [0, 0.05) is 25.9 Å². The largest absolute Gasteiger partial charge is 0.438 e. The molecule has 1 aromatic heterocycles. The van der Waals surface area contributed by atoms with Gasteiger partial charge in [-0.1, -0.05) is 30.3 Å². The van der Waals surface area contributed by atoms with Gasteiger partial charge in [-0.05, 0) is 31.2 Å². The van der Waals surface area contributed by atoms with Gasteiger partial charge in [-0.3, -0.25) is 9.59 Å². The van der Waals surface area contributed by atoms with Gasteiger partial charge in [0.05, 0.1) is 18.3 Å². The number of hydrogen-bond donors (Lipinski definition) is 2. The molecule has 2 N–H and O–H groups in total. The molecule has 1 aromatic carbocycles. The molecule has 1 heterocycles. The monoisotopic (exact) mass is 385 g/mol. The zero-order valence-electron chi connectivity index (χ0n) is 16.3. The Morgan fingerprint density at radius 3 is 2.64 bits per heavy atom. The molecule has 2 aromatic rings. The molecule has 2 amide bonds. The third kappa shape index (κ3) is 4.25. The number of oxazole rings is 1. The van der Waals surface area contributed by atoms with E-state index in [2.05, 4.69) is 22.4 Å². The maximum atomic E-state index is 12.6. The van der Waals surface area contributed by atoms with E-state index in [4.69, 9.17) is 4.42 Å². The van der Waals surface area contributed by atoms with Crippen LogP contribution in [-0.2, 0) is 10.2 Å². The lowest BCUT2D eigenvalue weighted by Crippen LogP contribution is -2.44. The summed E-state index contributed by atoms with van der Waals surface area (Å²) >= 11 is 0. The second kappa shape index (κ2) is 8.56. The maximum absolute atomic E-state index is 12.6. The predicted molar refractivity (Wildman–Crippen MR) is 104 cm³/mol. The van der Waals surface area contributed by atoms with Crippen LogP contribution in [-0.4, -0.2) is 52.5 Å². The molecule has 1 saturated carbocycles. The molecule has 0 bridgehead atoms. The summed E-state index contributed by atoms with van der Waals surface area (Å²) in [5, 5.41) is 13.8. The van der Waals surface area contributed by atoms with Crippen LogP contribution in [0.3, 0.4) is 0 Å². The molecule has 1 aliphatic rings. The van der Waals surface area contributed by atoms with E-state index in [1.807, 2.05) is 18.2 Å². The molecule has 0 spiro atoms. The minimum atomic E-state index is -0.653. The number of aliphatic hydroxyl groups is 1. The van der Waals surface area contributed by atoms with Crippen LogP contribution in [0.15, 0.2) is 47.3 Å². The molecule has 7 nitrogen and oxygen atoms in total. The molecule has 0 radical (unpaired) electrons. The highest BCUT2D eigenvalue weighted by atomic mass is 16.3. The normalized spacial score (nSPS) is 25.0. The number of aromatic nitrogens is 1. The van der Waals surface area contributed by atoms with Crippen molar-refractivity contribution in [2.75, 3.05) is 13.6 Å². The number of aliphatic hydroxyl groups excluding tert-OH is 1. The fourth-order valence-electron chi connectivity index (χ4n) is 4.11. The van der Waals surface area contributed by atoms with Gasteiger partial charge in [-0.15, -0.1) is 0 Å². The van der Waals surface area contributed by atoms with Gasteiger partial charge in [-0.25, -0.2) is 4.98 Å². The summed E-state index contributed by atoms with van der Waals surface area (Å²) in [4.78, 5) is 29.5. The Labute approximate surface area is 164 Å². The number of hydrogen-bond acceptors (Lipinski definition) is 5. The molecule has 1 aliphatic carbocycles. The Balaban J connectivity index is 1.83. The van der Waals surface area contributed by atoms with E-state index in [9.17, 15) is 14.7 Å². The molecule has 0 aliphatic heterocycles. The summed E-state index contributed by atoms with van der Waals surface area (Å²) in [5.74, 6) is -0.212. The smallest absolute Gasteiger partial charge is 0.291 e. The van der Waals surface area contributed by atoms with Gasteiger partial charge in [-0.2, -0.15) is 0 Å². The van der Waals surface area contributed by atoms with Crippen LogP contribution in [0.2, 0.25) is 0 Å². The number of carbonyl (C=O) groups is 2. The maximum Gasteiger partial charge on any atom is 0.291 e. The van der Waals surface area contributed by atoms with Crippen LogP contribution >= 0.6 is 0 Å². The lowest BCUT2D eigenvalue weighted by Gasteiger charge is -2.34. The molecule has 28 heavy (non-hydrogen) atoms. The van der Waals surface area contributed by atoms with Crippen molar-refractivity contribution >= 4 is 11.8 Å². The summed E-state index contributed by atoms with van der Waals surface area (Å²) in [6.45, 7) is 2.02. The predicted octanol–water partition coefficient (Wildman–Crippen LogP) is 2.12. The van der Waals surface area contributed by atoms with Crippen LogP contribution in [0.1, 0.15) is 48.7 Å². The molecule has 7 heteroatoms. The van der Waals surface area contributed by atoms with Crippen molar-refractivity contribution in [3.05, 3.63) is 54.2 Å². The second-order valence-corrected chi connectivity index (χ2v) is 7.55. The molecule has 3 atom stereocenters. The van der Waals surface area contributed by atoms with Gasteiger partial charge < -0.3 is 19.7 Å². The van der Waals surface area contributed by atoms with E-state index in [0.29, 0.717) is 19.4 Å². The van der Waals surface area contributed by atoms with Crippen molar-refractivity contribution in [2.45, 2.75) is 50.2 Å². The van der Waals surface area contributed by atoms with Gasteiger partial charge >= 0.3 is 0 Å². The van der Waals surface area contributed by atoms with E-state index in [0.717, 1.165) is 18.4 Å². The van der Waals surface area contributed by atoms with Crippen molar-refractivity contribution in [3.63, 3.8) is 0 Å². The molecule has 3 rings (SSSR count). The van der Waals surface area contributed by atoms with Crippen molar-refractivity contribution in [3.8, 4) is 0 Å². The van der Waals surface area contributed by atoms with Crippen LogP contribution < -0.4 is 5.32 Å². The SMILES string of the molecule is CC(=O)NC[C@]1(c2ccccc2)CC[C@H](O)[C@@H](N(C)C(=O)c2cnco2)CC1. The van der Waals surface area contributed by atoms with E-state index >= 15 is 0 Å². The quantitative estimate of drug-likeness (QED) is 0.769. The topological polar surface area (TPSA) is 95.7 Å². The first kappa shape index (κ1) is 20.1. The molecular weight excluding hydrogens is 358 g/mol. The summed E-state index contributed by atoms with van der Waals surface area (Å²) in [7, 11) is 1.68. The van der Waals surface area contributed by atoms with Gasteiger partial charge in [0.25, 0.3) is 5.91 Å². The number of amides is 2. The Bertz CT molecular complexity index is 793. The Morgan fingerprint density at radius 2 is 2.00 bits per heavy atom. The van der Waals surface area contributed by atoms with Crippen LogP contribution in [0.5, 0.6) is 0 Å². The lowest BCUT2D eigenvalue weighted by atomic mass is 9.74. The molecule has 150 valence electrons. The minimum Gasteiger partial charge on any atom is -0.438 e. The Kier molecular flexibility index (Phi) is 6.14. The molecular formula is C21H27N3O4. The van der Waals surface area contributed by atoms with E-state index < -0.39 is 6.10 Å². The molecule has 1 fully saturated rings. The summed E-state index contributed by atoms with van der Waals surface area (Å²) in [6, 6.07) is 9.75. The fraction of sp³-hybridized carbons (Fsp3) is 0.476. The number of nitrogens with zero attached hydrogens (tertiary/aromatic N) is 2. The lowest BCUT2D eigenvalue weighted by molar-refractivity contribution is -0.119. The second-order valence-electron chi connectivity index (χ2n) is 7.55. The first-order valence-electron chi connectivity index (χ1n) is 9.57. The van der Waals surface area contributed by atoms with Crippen LogP contribution in [0, 0.1) is 0 Å². The zero-order chi connectivity index (χ0) is 20.1. The van der Waals surface area contributed by atoms with Gasteiger partial charge in [0.2, 0.25) is 11.7 Å². The van der Waals surface area contributed by atoms with Crippen molar-refractivity contribution in [2.24, 2.45) is 0 Å². The number of rotatable bonds is 5. The highest BCUT2D eigenvalue weighted by Gasteiger charge is 2.40. The molecule has 0 unspecified atom stereocenters. The van der Waals surface area contributed by atoms with Crippen LogP contribution in [0.4, 0.5) is 0 Å². The molecule has 0 saturated heterocycles. The number of nitrogens with one attached hydrogen (secondary N) is 1. The van der Waals surface area contributed by atoms with Crippen molar-refractivity contribution in [1.29, 1.82) is 0 Å². The minimum absolute atomic E-state index is 0.0748. The first-order valence-corrected chi connectivity index (χ1v) is 9.57. The summed E-state index contributed by atoms with van der Waals surface area (Å²) < 4.78 is 5.12. The van der Waals surface area contributed by atoms with E-state index in [1.54, 1.807) is 11.9 Å². The third-order valence-corrected chi connectivity index (χ3v) is 5.80. The van der Waals surface area contributed by atoms with E-state index in [1.165, 1.54) is 19.5 Å². The highest BCUT2D eigenvalue weighted by molar-refractivity contribution is 5.91. The number of likely N-dealkylation sites (N-methyl/N-ethyl adjacent to an activating group) is 1. The first-order chi connectivity index (χ1) is 13.4. The van der Waals surface area contributed by atoms with Crippen LogP contribution in [0.25, 0.3) is 0 Å².